The fourth-order valence-corrected chi connectivity index (χ4v) is 2.06. The first-order valence-corrected chi connectivity index (χ1v) is 5.63. The number of pyridine rings is 1. The number of aryl methyl sites for hydroxylation is 2. The van der Waals surface area contributed by atoms with E-state index in [1.165, 1.54) is 19.3 Å². The lowest BCUT2D eigenvalue weighted by atomic mass is 9.81. The average molecular weight is 203 g/mol. The third kappa shape index (κ3) is 2.25. The predicted octanol–water partition coefficient (Wildman–Crippen LogP) is 3.07. The van der Waals surface area contributed by atoms with E-state index in [1.54, 1.807) is 6.20 Å². The number of carbonyl (C=O) groups excluding carboxylic acids is 1. The van der Waals surface area contributed by atoms with Gasteiger partial charge in [-0.05, 0) is 30.9 Å². The number of rotatable bonds is 3. The van der Waals surface area contributed by atoms with Crippen LogP contribution >= 0.6 is 0 Å². The molecule has 15 heavy (non-hydrogen) atoms. The molecule has 0 amide bonds. The van der Waals surface area contributed by atoms with Crippen molar-refractivity contribution >= 4 is 5.78 Å². The molecule has 0 saturated heterocycles. The van der Waals surface area contributed by atoms with Crippen LogP contribution in [0.2, 0.25) is 0 Å². The third-order valence-corrected chi connectivity index (χ3v) is 3.18. The van der Waals surface area contributed by atoms with Crippen LogP contribution < -0.4 is 0 Å². The van der Waals surface area contributed by atoms with Crippen molar-refractivity contribution in [3.63, 3.8) is 0 Å². The van der Waals surface area contributed by atoms with Gasteiger partial charge in [-0.15, -0.1) is 0 Å². The summed E-state index contributed by atoms with van der Waals surface area (Å²) in [7, 11) is 0. The second kappa shape index (κ2) is 4.13. The van der Waals surface area contributed by atoms with Crippen molar-refractivity contribution in [2.24, 2.45) is 5.92 Å². The van der Waals surface area contributed by atoms with E-state index in [9.17, 15) is 4.79 Å². The van der Waals surface area contributed by atoms with E-state index in [4.69, 9.17) is 0 Å². The molecule has 0 aliphatic heterocycles. The number of Topliss-reactive ketones (excluding diaryl/α,β-unsaturated/α-hetero) is 1. The van der Waals surface area contributed by atoms with Crippen molar-refractivity contribution in [3.05, 3.63) is 29.1 Å². The summed E-state index contributed by atoms with van der Waals surface area (Å²) in [6, 6.07) is 2.03. The van der Waals surface area contributed by atoms with E-state index >= 15 is 0 Å². The molecule has 2 rings (SSSR count). The first kappa shape index (κ1) is 10.3. The van der Waals surface area contributed by atoms with Gasteiger partial charge in [0.25, 0.3) is 0 Å². The summed E-state index contributed by atoms with van der Waals surface area (Å²) in [4.78, 5) is 16.2. The lowest BCUT2D eigenvalue weighted by Crippen LogP contribution is -2.17. The van der Waals surface area contributed by atoms with Gasteiger partial charge in [0.15, 0.2) is 5.78 Å². The van der Waals surface area contributed by atoms with E-state index in [0.717, 1.165) is 11.1 Å². The molecule has 1 heterocycles. The second-order valence-electron chi connectivity index (χ2n) is 4.60. The summed E-state index contributed by atoms with van der Waals surface area (Å²) < 4.78 is 0. The molecule has 0 spiro atoms. The van der Waals surface area contributed by atoms with Crippen molar-refractivity contribution in [2.75, 3.05) is 0 Å². The highest BCUT2D eigenvalue weighted by Gasteiger charge is 2.22. The Balaban J connectivity index is 2.10. The molecular formula is C13H17NO. The minimum atomic E-state index is 0.220. The number of ketones is 1. The molecule has 0 unspecified atom stereocenters. The standard InChI is InChI=1S/C13H17NO/c1-9-6-10(2)13(14-8-9)12(15)7-11-4-3-5-11/h6,8,11H,3-5,7H2,1-2H3. The molecule has 0 aromatic carbocycles. The van der Waals surface area contributed by atoms with Gasteiger partial charge in [0.2, 0.25) is 0 Å². The molecule has 2 nitrogen and oxygen atoms in total. The molecule has 1 aliphatic carbocycles. The van der Waals surface area contributed by atoms with Crippen LogP contribution in [0.3, 0.4) is 0 Å². The smallest absolute Gasteiger partial charge is 0.181 e. The molecule has 1 aromatic rings. The van der Waals surface area contributed by atoms with Crippen LogP contribution in [0.5, 0.6) is 0 Å². The summed E-state index contributed by atoms with van der Waals surface area (Å²) in [5.41, 5.74) is 2.81. The lowest BCUT2D eigenvalue weighted by molar-refractivity contribution is 0.0931. The number of aromatic nitrogens is 1. The van der Waals surface area contributed by atoms with Crippen molar-refractivity contribution in [1.82, 2.24) is 4.98 Å². The van der Waals surface area contributed by atoms with Crippen LogP contribution in [-0.2, 0) is 0 Å². The van der Waals surface area contributed by atoms with E-state index in [1.807, 2.05) is 19.9 Å². The largest absolute Gasteiger partial charge is 0.292 e. The zero-order valence-electron chi connectivity index (χ0n) is 9.42. The molecular weight excluding hydrogens is 186 g/mol. The summed E-state index contributed by atoms with van der Waals surface area (Å²) in [6.07, 6.45) is 6.20. The monoisotopic (exact) mass is 203 g/mol. The quantitative estimate of drug-likeness (QED) is 0.707. The topological polar surface area (TPSA) is 30.0 Å². The van der Waals surface area contributed by atoms with E-state index in [2.05, 4.69) is 4.98 Å². The maximum atomic E-state index is 11.9. The Bertz CT molecular complexity index is 380. The van der Waals surface area contributed by atoms with Gasteiger partial charge in [0, 0.05) is 12.6 Å². The first-order valence-electron chi connectivity index (χ1n) is 5.63. The highest BCUT2D eigenvalue weighted by atomic mass is 16.1. The van der Waals surface area contributed by atoms with Crippen molar-refractivity contribution in [1.29, 1.82) is 0 Å². The van der Waals surface area contributed by atoms with Crippen molar-refractivity contribution < 1.29 is 4.79 Å². The Morgan fingerprint density at radius 3 is 2.73 bits per heavy atom. The van der Waals surface area contributed by atoms with Gasteiger partial charge in [-0.1, -0.05) is 25.3 Å². The van der Waals surface area contributed by atoms with Gasteiger partial charge in [0.05, 0.1) is 0 Å². The van der Waals surface area contributed by atoms with Gasteiger partial charge >= 0.3 is 0 Å². The average Bonchev–Trinajstić information content (AvgIpc) is 2.11. The number of hydrogen-bond donors (Lipinski definition) is 0. The Labute approximate surface area is 90.7 Å². The summed E-state index contributed by atoms with van der Waals surface area (Å²) in [6.45, 7) is 3.97. The molecule has 1 saturated carbocycles. The highest BCUT2D eigenvalue weighted by molar-refractivity contribution is 5.95. The van der Waals surface area contributed by atoms with E-state index in [-0.39, 0.29) is 5.78 Å². The van der Waals surface area contributed by atoms with Gasteiger partial charge in [-0.2, -0.15) is 0 Å². The van der Waals surface area contributed by atoms with Gasteiger partial charge < -0.3 is 0 Å². The zero-order chi connectivity index (χ0) is 10.8. The van der Waals surface area contributed by atoms with Crippen LogP contribution in [0, 0.1) is 19.8 Å². The van der Waals surface area contributed by atoms with Gasteiger partial charge in [-0.25, -0.2) is 0 Å². The Kier molecular flexibility index (Phi) is 2.85. The fraction of sp³-hybridized carbons (Fsp3) is 0.538. The summed E-state index contributed by atoms with van der Waals surface area (Å²) in [5.74, 6) is 0.845. The maximum Gasteiger partial charge on any atom is 0.181 e. The lowest BCUT2D eigenvalue weighted by Gasteiger charge is -2.24. The molecule has 0 radical (unpaired) electrons. The molecule has 1 aliphatic rings. The molecule has 0 N–H and O–H groups in total. The number of nitrogens with zero attached hydrogens (tertiary/aromatic N) is 1. The first-order chi connectivity index (χ1) is 7.16. The predicted molar refractivity (Wildman–Crippen MR) is 60.0 cm³/mol. The molecule has 1 fully saturated rings. The zero-order valence-corrected chi connectivity index (χ0v) is 9.42. The minimum absolute atomic E-state index is 0.220. The van der Waals surface area contributed by atoms with Crippen LogP contribution in [0.15, 0.2) is 12.3 Å². The normalized spacial score (nSPS) is 16.1. The van der Waals surface area contributed by atoms with Crippen molar-refractivity contribution in [2.45, 2.75) is 39.5 Å². The number of hydrogen-bond acceptors (Lipinski definition) is 2. The van der Waals surface area contributed by atoms with E-state index < -0.39 is 0 Å². The second-order valence-corrected chi connectivity index (χ2v) is 4.60. The van der Waals surface area contributed by atoms with Crippen LogP contribution in [0.25, 0.3) is 0 Å². The Morgan fingerprint density at radius 2 is 2.20 bits per heavy atom. The molecule has 1 aromatic heterocycles. The number of carbonyl (C=O) groups is 1. The Morgan fingerprint density at radius 1 is 1.47 bits per heavy atom. The third-order valence-electron chi connectivity index (χ3n) is 3.18. The highest BCUT2D eigenvalue weighted by Crippen LogP contribution is 2.30. The molecule has 80 valence electrons. The molecule has 2 heteroatoms. The summed E-state index contributed by atoms with van der Waals surface area (Å²) >= 11 is 0. The molecule has 0 atom stereocenters. The van der Waals surface area contributed by atoms with Crippen LogP contribution in [0.4, 0.5) is 0 Å². The minimum Gasteiger partial charge on any atom is -0.292 e. The van der Waals surface area contributed by atoms with Crippen LogP contribution in [0.1, 0.15) is 47.3 Å². The Hall–Kier alpha value is -1.18. The fourth-order valence-electron chi connectivity index (χ4n) is 2.06. The van der Waals surface area contributed by atoms with Gasteiger partial charge in [0.1, 0.15) is 5.69 Å². The van der Waals surface area contributed by atoms with Gasteiger partial charge in [-0.3, -0.25) is 9.78 Å². The van der Waals surface area contributed by atoms with E-state index in [0.29, 0.717) is 18.0 Å². The van der Waals surface area contributed by atoms with Crippen LogP contribution in [-0.4, -0.2) is 10.8 Å². The van der Waals surface area contributed by atoms with Crippen molar-refractivity contribution in [3.8, 4) is 0 Å². The SMILES string of the molecule is Cc1cnc(C(=O)CC2CCC2)c(C)c1. The maximum absolute atomic E-state index is 11.9. The molecule has 0 bridgehead atoms. The summed E-state index contributed by atoms with van der Waals surface area (Å²) in [5, 5.41) is 0.